The van der Waals surface area contributed by atoms with Crippen molar-refractivity contribution in [1.29, 1.82) is 0 Å². The van der Waals surface area contributed by atoms with Gasteiger partial charge in [0.2, 0.25) is 0 Å². The van der Waals surface area contributed by atoms with E-state index in [0.717, 1.165) is 49.0 Å². The molecule has 2 fully saturated rings. The van der Waals surface area contributed by atoms with Gasteiger partial charge < -0.3 is 9.64 Å². The lowest BCUT2D eigenvalue weighted by Crippen LogP contribution is -2.40. The molecule has 1 saturated carbocycles. The highest BCUT2D eigenvalue weighted by atomic mass is 16.5. The van der Waals surface area contributed by atoms with Crippen LogP contribution in [0.5, 0.6) is 0 Å². The van der Waals surface area contributed by atoms with Crippen LogP contribution in [0.25, 0.3) is 0 Å². The van der Waals surface area contributed by atoms with Crippen LogP contribution in [-0.4, -0.2) is 36.9 Å². The van der Waals surface area contributed by atoms with E-state index in [4.69, 9.17) is 4.74 Å². The van der Waals surface area contributed by atoms with Crippen LogP contribution in [0, 0.1) is 17.8 Å². The van der Waals surface area contributed by atoms with E-state index < -0.39 is 0 Å². The molecule has 0 bridgehead atoms. The van der Waals surface area contributed by atoms with E-state index in [1.165, 1.54) is 19.5 Å². The number of hydrogen-bond acceptors (Lipinski definition) is 3. The Balaban J connectivity index is 1.38. The first-order valence-electron chi connectivity index (χ1n) is 9.05. The molecule has 1 aromatic carbocycles. The lowest BCUT2D eigenvalue weighted by Gasteiger charge is -2.34. The molecule has 2 aliphatic rings. The summed E-state index contributed by atoms with van der Waals surface area (Å²) in [5, 5.41) is 0. The molecule has 2 atom stereocenters. The Morgan fingerprint density at radius 3 is 2.39 bits per heavy atom. The number of carbonyl (C=O) groups is 1. The van der Waals surface area contributed by atoms with Gasteiger partial charge in [0.1, 0.15) is 0 Å². The van der Waals surface area contributed by atoms with E-state index in [1.807, 2.05) is 24.3 Å². The lowest BCUT2D eigenvalue weighted by atomic mass is 9.92. The molecule has 3 nitrogen and oxygen atoms in total. The van der Waals surface area contributed by atoms with E-state index in [-0.39, 0.29) is 0 Å². The molecule has 126 valence electrons. The van der Waals surface area contributed by atoms with Gasteiger partial charge in [0.15, 0.2) is 5.78 Å². The number of Topliss-reactive ketones (excluding diaryl/α,β-unsaturated/α-hetero) is 1. The van der Waals surface area contributed by atoms with Gasteiger partial charge in [-0.1, -0.05) is 38.1 Å². The quantitative estimate of drug-likeness (QED) is 0.566. The Hall–Kier alpha value is -1.19. The number of hydrogen-bond donors (Lipinski definition) is 0. The molecule has 2 unspecified atom stereocenters. The van der Waals surface area contributed by atoms with Crippen LogP contribution in [0.3, 0.4) is 0 Å². The van der Waals surface area contributed by atoms with Crippen LogP contribution >= 0.6 is 0 Å². The Morgan fingerprint density at radius 2 is 1.78 bits per heavy atom. The zero-order valence-electron chi connectivity index (χ0n) is 14.5. The summed E-state index contributed by atoms with van der Waals surface area (Å²) < 4.78 is 5.83. The fraction of sp³-hybridized carbons (Fsp3) is 0.650. The first-order valence-corrected chi connectivity index (χ1v) is 9.05. The third kappa shape index (κ3) is 4.89. The number of carbonyl (C=O) groups excluding carboxylic acids is 1. The van der Waals surface area contributed by atoms with Crippen LogP contribution < -0.4 is 0 Å². The summed E-state index contributed by atoms with van der Waals surface area (Å²) in [6.07, 6.45) is 3.48. The molecule has 0 spiro atoms. The molecule has 3 heteroatoms. The normalized spacial score (nSPS) is 25.5. The predicted molar refractivity (Wildman–Crippen MR) is 92.5 cm³/mol. The van der Waals surface area contributed by atoms with Crippen LogP contribution in [0.1, 0.15) is 49.0 Å². The highest BCUT2D eigenvalue weighted by Gasteiger charge is 2.30. The molecule has 1 aromatic rings. The highest BCUT2D eigenvalue weighted by molar-refractivity contribution is 5.99. The number of ether oxygens (including phenoxy) is 1. The van der Waals surface area contributed by atoms with Crippen LogP contribution in [-0.2, 0) is 11.3 Å². The van der Waals surface area contributed by atoms with E-state index in [2.05, 4.69) is 18.7 Å². The number of ketones is 1. The van der Waals surface area contributed by atoms with Crippen molar-refractivity contribution in [1.82, 2.24) is 4.90 Å². The SMILES string of the molecule is CC1CC(C)CN(CCOCc2ccc(C(=O)C3CC3)cc2)C1. The van der Waals surface area contributed by atoms with Gasteiger partial charge in [0.25, 0.3) is 0 Å². The van der Waals surface area contributed by atoms with Crippen molar-refractivity contribution >= 4 is 5.78 Å². The smallest absolute Gasteiger partial charge is 0.165 e. The summed E-state index contributed by atoms with van der Waals surface area (Å²) in [5.41, 5.74) is 2.00. The average Bonchev–Trinajstić information content (AvgIpc) is 3.35. The number of likely N-dealkylation sites (tertiary alicyclic amines) is 1. The van der Waals surface area contributed by atoms with E-state index in [9.17, 15) is 4.79 Å². The van der Waals surface area contributed by atoms with Crippen LogP contribution in [0.4, 0.5) is 0 Å². The van der Waals surface area contributed by atoms with Crippen molar-refractivity contribution in [2.24, 2.45) is 17.8 Å². The fourth-order valence-corrected chi connectivity index (χ4v) is 3.70. The Morgan fingerprint density at radius 1 is 1.13 bits per heavy atom. The topological polar surface area (TPSA) is 29.5 Å². The summed E-state index contributed by atoms with van der Waals surface area (Å²) in [6.45, 7) is 9.52. The molecule has 3 rings (SSSR count). The summed E-state index contributed by atoms with van der Waals surface area (Å²) in [7, 11) is 0. The third-order valence-corrected chi connectivity index (χ3v) is 4.95. The molecule has 0 radical (unpaired) electrons. The second kappa shape index (κ2) is 7.59. The third-order valence-electron chi connectivity index (χ3n) is 4.95. The molecule has 0 N–H and O–H groups in total. The van der Waals surface area contributed by atoms with Crippen LogP contribution in [0.2, 0.25) is 0 Å². The maximum atomic E-state index is 12.0. The fourth-order valence-electron chi connectivity index (χ4n) is 3.70. The first-order chi connectivity index (χ1) is 11.1. The first kappa shape index (κ1) is 16.7. The molecule has 1 aliphatic heterocycles. The lowest BCUT2D eigenvalue weighted by molar-refractivity contribution is 0.0662. The van der Waals surface area contributed by atoms with Gasteiger partial charge in [-0.2, -0.15) is 0 Å². The largest absolute Gasteiger partial charge is 0.375 e. The van der Waals surface area contributed by atoms with Crippen molar-refractivity contribution in [3.8, 4) is 0 Å². The van der Waals surface area contributed by atoms with Gasteiger partial charge in [0.05, 0.1) is 13.2 Å². The number of rotatable bonds is 7. The average molecular weight is 315 g/mol. The standard InChI is InChI=1S/C20H29NO2/c1-15-11-16(2)13-21(12-15)9-10-23-14-17-3-5-18(6-4-17)20(22)19-7-8-19/h3-6,15-16,19H,7-14H2,1-2H3. The molecular weight excluding hydrogens is 286 g/mol. The van der Waals surface area contributed by atoms with Gasteiger partial charge >= 0.3 is 0 Å². The maximum absolute atomic E-state index is 12.0. The Bertz CT molecular complexity index is 511. The zero-order chi connectivity index (χ0) is 16.2. The second-order valence-electron chi connectivity index (χ2n) is 7.59. The monoisotopic (exact) mass is 315 g/mol. The van der Waals surface area contributed by atoms with Gasteiger partial charge in [-0.25, -0.2) is 0 Å². The highest BCUT2D eigenvalue weighted by Crippen LogP contribution is 2.32. The minimum Gasteiger partial charge on any atom is -0.375 e. The summed E-state index contributed by atoms with van der Waals surface area (Å²) in [6, 6.07) is 7.96. The number of piperidine rings is 1. The molecule has 1 heterocycles. The van der Waals surface area contributed by atoms with Crippen molar-refractivity contribution in [3.05, 3.63) is 35.4 Å². The molecule has 23 heavy (non-hydrogen) atoms. The summed E-state index contributed by atoms with van der Waals surface area (Å²) >= 11 is 0. The minimum absolute atomic E-state index is 0.298. The van der Waals surface area contributed by atoms with E-state index in [1.54, 1.807) is 0 Å². The van der Waals surface area contributed by atoms with Gasteiger partial charge in [-0.3, -0.25) is 4.79 Å². The van der Waals surface area contributed by atoms with Gasteiger partial charge in [-0.05, 0) is 36.7 Å². The van der Waals surface area contributed by atoms with Crippen molar-refractivity contribution < 1.29 is 9.53 Å². The Labute approximate surface area is 140 Å². The van der Waals surface area contributed by atoms with Gasteiger partial charge in [0, 0.05) is 31.1 Å². The van der Waals surface area contributed by atoms with Crippen molar-refractivity contribution in [2.45, 2.75) is 39.7 Å². The molecule has 0 amide bonds. The molecular formula is C20H29NO2. The maximum Gasteiger partial charge on any atom is 0.165 e. The number of benzene rings is 1. The summed E-state index contributed by atoms with van der Waals surface area (Å²) in [5.74, 6) is 2.21. The summed E-state index contributed by atoms with van der Waals surface area (Å²) in [4.78, 5) is 14.5. The number of nitrogens with zero attached hydrogens (tertiary/aromatic N) is 1. The van der Waals surface area contributed by atoms with Crippen molar-refractivity contribution in [3.63, 3.8) is 0 Å². The van der Waals surface area contributed by atoms with E-state index >= 15 is 0 Å². The van der Waals surface area contributed by atoms with E-state index in [0.29, 0.717) is 18.3 Å². The predicted octanol–water partition coefficient (Wildman–Crippen LogP) is 3.77. The van der Waals surface area contributed by atoms with Crippen molar-refractivity contribution in [2.75, 3.05) is 26.2 Å². The second-order valence-corrected chi connectivity index (χ2v) is 7.59. The zero-order valence-corrected chi connectivity index (χ0v) is 14.5. The van der Waals surface area contributed by atoms with Gasteiger partial charge in [-0.15, -0.1) is 0 Å². The molecule has 0 aromatic heterocycles. The minimum atomic E-state index is 0.298. The molecule has 1 saturated heterocycles. The Kier molecular flexibility index (Phi) is 5.50. The van der Waals surface area contributed by atoms with Crippen LogP contribution in [0.15, 0.2) is 24.3 Å². The molecule has 1 aliphatic carbocycles.